The van der Waals surface area contributed by atoms with Gasteiger partial charge in [0.15, 0.2) is 0 Å². The molecular weight excluding hydrogens is 374 g/mol. The predicted molar refractivity (Wildman–Crippen MR) is 115 cm³/mol. The highest BCUT2D eigenvalue weighted by Gasteiger charge is 2.23. The third-order valence-corrected chi connectivity index (χ3v) is 7.17. The van der Waals surface area contributed by atoms with Gasteiger partial charge in [-0.05, 0) is 72.7 Å². The summed E-state index contributed by atoms with van der Waals surface area (Å²) in [6.07, 6.45) is 7.46. The van der Waals surface area contributed by atoms with Crippen LogP contribution in [-0.4, -0.2) is 23.1 Å². The van der Waals surface area contributed by atoms with E-state index in [1.807, 2.05) is 0 Å². The molecule has 0 spiro atoms. The molecule has 0 saturated carbocycles. The maximum atomic E-state index is 6.28. The van der Waals surface area contributed by atoms with Crippen LogP contribution >= 0.6 is 22.9 Å². The van der Waals surface area contributed by atoms with Crippen molar-refractivity contribution in [3.63, 3.8) is 0 Å². The zero-order chi connectivity index (χ0) is 18.4. The number of aromatic nitrogens is 2. The van der Waals surface area contributed by atoms with Crippen LogP contribution in [0.3, 0.4) is 0 Å². The lowest BCUT2D eigenvalue weighted by Gasteiger charge is -2.31. The second-order valence-electron chi connectivity index (χ2n) is 8.01. The molecule has 2 aliphatic rings. The fourth-order valence-corrected chi connectivity index (χ4v) is 5.62. The van der Waals surface area contributed by atoms with Crippen molar-refractivity contribution in [1.82, 2.24) is 9.97 Å². The lowest BCUT2D eigenvalue weighted by molar-refractivity contribution is 0.437. The Morgan fingerprint density at radius 1 is 1.07 bits per heavy atom. The number of hydrogen-bond donors (Lipinski definition) is 0. The third-order valence-electron chi connectivity index (χ3n) is 6.13. The second-order valence-corrected chi connectivity index (χ2v) is 9.20. The maximum absolute atomic E-state index is 6.28. The van der Waals surface area contributed by atoms with Gasteiger partial charge in [-0.2, -0.15) is 4.98 Å². The van der Waals surface area contributed by atoms with E-state index in [9.17, 15) is 0 Å². The zero-order valence-corrected chi connectivity index (χ0v) is 17.2. The normalized spacial score (nSPS) is 18.1. The fraction of sp³-hybridized carbons (Fsp3) is 0.455. The van der Waals surface area contributed by atoms with Gasteiger partial charge in [0.25, 0.3) is 0 Å². The number of fused-ring (bicyclic) bond motifs is 2. The van der Waals surface area contributed by atoms with Gasteiger partial charge >= 0.3 is 0 Å². The molecule has 1 aromatic carbocycles. The third kappa shape index (κ3) is 3.23. The molecule has 2 aromatic heterocycles. The quantitative estimate of drug-likeness (QED) is 0.487. The molecule has 0 bridgehead atoms. The van der Waals surface area contributed by atoms with Crippen LogP contribution < -0.4 is 4.90 Å². The summed E-state index contributed by atoms with van der Waals surface area (Å²) in [6, 6.07) is 7.00. The van der Waals surface area contributed by atoms with Crippen LogP contribution in [-0.2, 0) is 12.8 Å². The van der Waals surface area contributed by atoms with Crippen molar-refractivity contribution in [1.29, 1.82) is 0 Å². The first-order valence-corrected chi connectivity index (χ1v) is 11.3. The molecule has 1 aliphatic heterocycles. The zero-order valence-electron chi connectivity index (χ0n) is 15.7. The molecule has 0 unspecified atom stereocenters. The summed E-state index contributed by atoms with van der Waals surface area (Å²) >= 11 is 7.96. The second kappa shape index (κ2) is 7.06. The molecule has 0 N–H and O–H groups in total. The molecule has 140 valence electrons. The first-order chi connectivity index (χ1) is 13.2. The van der Waals surface area contributed by atoms with Crippen LogP contribution in [0.15, 0.2) is 23.6 Å². The van der Waals surface area contributed by atoms with E-state index in [4.69, 9.17) is 11.6 Å². The van der Waals surface area contributed by atoms with Crippen LogP contribution in [0.25, 0.3) is 21.3 Å². The number of hydrogen-bond acceptors (Lipinski definition) is 4. The number of nitrogens with zero attached hydrogens (tertiary/aromatic N) is 3. The number of aryl methyl sites for hydroxylation is 2. The number of piperidine rings is 1. The number of rotatable bonds is 2. The molecule has 1 fully saturated rings. The van der Waals surface area contributed by atoms with Crippen LogP contribution in [0.1, 0.15) is 43.7 Å². The summed E-state index contributed by atoms with van der Waals surface area (Å²) < 4.78 is 0. The molecule has 1 saturated heterocycles. The Bertz CT molecular complexity index is 989. The van der Waals surface area contributed by atoms with Crippen molar-refractivity contribution in [3.05, 3.63) is 40.0 Å². The van der Waals surface area contributed by atoms with Crippen molar-refractivity contribution in [2.75, 3.05) is 18.0 Å². The molecule has 3 aromatic rings. The molecule has 3 nitrogen and oxygen atoms in total. The van der Waals surface area contributed by atoms with Gasteiger partial charge in [0.05, 0.1) is 5.39 Å². The average Bonchev–Trinajstić information content (AvgIpc) is 3.11. The van der Waals surface area contributed by atoms with Gasteiger partial charge in [0, 0.05) is 24.0 Å². The van der Waals surface area contributed by atoms with Crippen LogP contribution in [0.4, 0.5) is 5.82 Å². The van der Waals surface area contributed by atoms with Crippen molar-refractivity contribution < 1.29 is 0 Å². The lowest BCUT2D eigenvalue weighted by Crippen LogP contribution is -2.33. The Hall–Kier alpha value is -1.65. The maximum Gasteiger partial charge on any atom is 0.225 e. The molecular formula is C22H24ClN3S. The summed E-state index contributed by atoms with van der Waals surface area (Å²) in [5.74, 6) is 1.81. The monoisotopic (exact) mass is 397 g/mol. The lowest BCUT2D eigenvalue weighted by atomic mass is 9.89. The van der Waals surface area contributed by atoms with Gasteiger partial charge in [0.2, 0.25) is 5.28 Å². The minimum atomic E-state index is 0.356. The Labute approximate surface area is 169 Å². The van der Waals surface area contributed by atoms with Gasteiger partial charge in [0.1, 0.15) is 10.6 Å². The molecule has 1 aliphatic carbocycles. The highest BCUT2D eigenvalue weighted by Crippen LogP contribution is 2.40. The minimum absolute atomic E-state index is 0.356. The Morgan fingerprint density at radius 3 is 2.67 bits per heavy atom. The van der Waals surface area contributed by atoms with Gasteiger partial charge in [-0.25, -0.2) is 4.98 Å². The Balaban J connectivity index is 1.63. The predicted octanol–water partition coefficient (Wildman–Crippen LogP) is 6.13. The molecule has 0 atom stereocenters. The minimum Gasteiger partial charge on any atom is -0.356 e. The van der Waals surface area contributed by atoms with E-state index in [1.54, 1.807) is 11.3 Å². The summed E-state index contributed by atoms with van der Waals surface area (Å²) in [5.41, 5.74) is 5.59. The number of anilines is 1. The first kappa shape index (κ1) is 17.4. The summed E-state index contributed by atoms with van der Waals surface area (Å²) in [6.45, 7) is 4.43. The van der Waals surface area contributed by atoms with Crippen molar-refractivity contribution in [2.45, 2.75) is 45.4 Å². The summed E-state index contributed by atoms with van der Waals surface area (Å²) in [7, 11) is 0. The topological polar surface area (TPSA) is 29.0 Å². The van der Waals surface area contributed by atoms with E-state index in [0.29, 0.717) is 5.28 Å². The van der Waals surface area contributed by atoms with Crippen molar-refractivity contribution in [2.24, 2.45) is 5.92 Å². The molecule has 3 heterocycles. The van der Waals surface area contributed by atoms with Gasteiger partial charge in [-0.3, -0.25) is 0 Å². The van der Waals surface area contributed by atoms with E-state index in [2.05, 4.69) is 45.4 Å². The SMILES string of the molecule is CC1CCN(c2nc(Cl)nc3scc(-c4ccc5c(c4)CCCC5)c23)CC1. The summed E-state index contributed by atoms with van der Waals surface area (Å²) in [4.78, 5) is 12.6. The van der Waals surface area contributed by atoms with Crippen LogP contribution in [0.5, 0.6) is 0 Å². The highest BCUT2D eigenvalue weighted by molar-refractivity contribution is 7.17. The van der Waals surface area contributed by atoms with E-state index >= 15 is 0 Å². The highest BCUT2D eigenvalue weighted by atomic mass is 35.5. The van der Waals surface area contributed by atoms with Gasteiger partial charge in [-0.1, -0.05) is 25.1 Å². The van der Waals surface area contributed by atoms with E-state index in [-0.39, 0.29) is 0 Å². The molecule has 5 heteroatoms. The fourth-order valence-electron chi connectivity index (χ4n) is 4.46. The van der Waals surface area contributed by atoms with Gasteiger partial charge in [-0.15, -0.1) is 11.3 Å². The standard InChI is InChI=1S/C22H24ClN3S/c1-14-8-10-26(11-9-14)20-19-18(13-27-21(19)25-22(23)24-20)17-7-6-15-4-2-3-5-16(15)12-17/h6-7,12-14H,2-5,8-11H2,1H3. The van der Waals surface area contributed by atoms with Crippen LogP contribution in [0.2, 0.25) is 5.28 Å². The van der Waals surface area contributed by atoms with Crippen LogP contribution in [0, 0.1) is 5.92 Å². The van der Waals surface area contributed by atoms with Crippen molar-refractivity contribution in [3.8, 4) is 11.1 Å². The van der Waals surface area contributed by atoms with E-state index in [0.717, 1.165) is 29.7 Å². The Morgan fingerprint density at radius 2 is 1.85 bits per heavy atom. The first-order valence-electron chi connectivity index (χ1n) is 10.0. The molecule has 0 radical (unpaired) electrons. The molecule has 27 heavy (non-hydrogen) atoms. The molecule has 5 rings (SSSR count). The van der Waals surface area contributed by atoms with Gasteiger partial charge < -0.3 is 4.90 Å². The average molecular weight is 398 g/mol. The van der Waals surface area contributed by atoms with E-state index in [1.165, 1.54) is 66.2 Å². The Kier molecular flexibility index (Phi) is 4.57. The summed E-state index contributed by atoms with van der Waals surface area (Å²) in [5, 5.41) is 3.76. The number of thiophene rings is 1. The van der Waals surface area contributed by atoms with Crippen molar-refractivity contribution >= 4 is 39.0 Å². The smallest absolute Gasteiger partial charge is 0.225 e. The molecule has 0 amide bonds. The number of benzene rings is 1. The van der Waals surface area contributed by atoms with E-state index < -0.39 is 0 Å². The largest absolute Gasteiger partial charge is 0.356 e. The number of halogens is 1.